The second kappa shape index (κ2) is 5.40. The Kier molecular flexibility index (Phi) is 3.23. The molecule has 0 N–H and O–H groups in total. The number of amides is 1. The van der Waals surface area contributed by atoms with Crippen molar-refractivity contribution in [3.63, 3.8) is 0 Å². The van der Waals surface area contributed by atoms with Gasteiger partial charge in [-0.25, -0.2) is 4.99 Å². The summed E-state index contributed by atoms with van der Waals surface area (Å²) < 4.78 is 5.97. The molecule has 1 amide bonds. The monoisotopic (exact) mass is 347 g/mol. The summed E-state index contributed by atoms with van der Waals surface area (Å²) in [6, 6.07) is 10.4. The van der Waals surface area contributed by atoms with Gasteiger partial charge in [-0.05, 0) is 31.4 Å². The van der Waals surface area contributed by atoms with Gasteiger partial charge in [-0.15, -0.1) is 0 Å². The lowest BCUT2D eigenvalue weighted by Gasteiger charge is -2.32. The Morgan fingerprint density at radius 1 is 1.15 bits per heavy atom. The van der Waals surface area contributed by atoms with Gasteiger partial charge in [-0.1, -0.05) is 29.8 Å². The van der Waals surface area contributed by atoms with E-state index in [1.54, 1.807) is 12.4 Å². The van der Waals surface area contributed by atoms with E-state index in [2.05, 4.69) is 41.2 Å². The molecule has 2 fully saturated rings. The van der Waals surface area contributed by atoms with E-state index in [9.17, 15) is 4.79 Å². The summed E-state index contributed by atoms with van der Waals surface area (Å²) in [5.41, 5.74) is 3.42. The van der Waals surface area contributed by atoms with Gasteiger partial charge in [-0.3, -0.25) is 9.78 Å². The fraction of sp³-hybridized carbons (Fsp3) is 0.381. The Bertz CT molecular complexity index is 902. The van der Waals surface area contributed by atoms with Crippen molar-refractivity contribution in [3.8, 4) is 0 Å². The summed E-state index contributed by atoms with van der Waals surface area (Å²) in [5.74, 6) is 0.236. The van der Waals surface area contributed by atoms with Crippen LogP contribution >= 0.6 is 0 Å². The largest absolute Gasteiger partial charge is 0.470 e. The summed E-state index contributed by atoms with van der Waals surface area (Å²) >= 11 is 0. The molecule has 1 saturated carbocycles. The zero-order chi connectivity index (χ0) is 17.8. The zero-order valence-electron chi connectivity index (χ0n) is 14.8. The average Bonchev–Trinajstić information content (AvgIpc) is 3.38. The molecule has 3 aliphatic rings. The first-order valence-electron chi connectivity index (χ1n) is 9.14. The van der Waals surface area contributed by atoms with Crippen LogP contribution in [0.1, 0.15) is 36.0 Å². The standard InChI is InChI=1S/C21H21N3O2/c1-15-2-4-16(5-3-15)20(7-8-20)19(25)24-11-9-21(13-24)17-6-10-22-12-18(17)23-14-26-21/h2-6,10,12,14H,7-9,11,13H2,1H3. The maximum atomic E-state index is 13.4. The van der Waals surface area contributed by atoms with E-state index in [4.69, 9.17) is 4.74 Å². The average molecular weight is 347 g/mol. The minimum absolute atomic E-state index is 0.236. The molecule has 1 spiro atoms. The molecule has 5 rings (SSSR count). The van der Waals surface area contributed by atoms with Gasteiger partial charge < -0.3 is 9.64 Å². The normalized spacial score (nSPS) is 25.0. The number of carbonyl (C=O) groups is 1. The number of pyridine rings is 1. The van der Waals surface area contributed by atoms with Gasteiger partial charge in [0.1, 0.15) is 0 Å². The topological polar surface area (TPSA) is 54.8 Å². The van der Waals surface area contributed by atoms with Crippen LogP contribution < -0.4 is 0 Å². The van der Waals surface area contributed by atoms with Crippen molar-refractivity contribution in [2.45, 2.75) is 37.2 Å². The SMILES string of the molecule is Cc1ccc(C2(C(=O)N3CCC4(C3)OC=Nc3cnccc34)CC2)cc1. The van der Waals surface area contributed by atoms with E-state index in [-0.39, 0.29) is 11.3 Å². The lowest BCUT2D eigenvalue weighted by Crippen LogP contribution is -2.41. The number of hydrogen-bond acceptors (Lipinski definition) is 4. The second-order valence-corrected chi connectivity index (χ2v) is 7.66. The van der Waals surface area contributed by atoms with Crippen molar-refractivity contribution >= 4 is 18.0 Å². The van der Waals surface area contributed by atoms with Crippen LogP contribution in [0.25, 0.3) is 0 Å². The van der Waals surface area contributed by atoms with Crippen LogP contribution in [0.2, 0.25) is 0 Å². The summed E-state index contributed by atoms with van der Waals surface area (Å²) in [6.07, 6.45) is 7.68. The van der Waals surface area contributed by atoms with Gasteiger partial charge in [0.2, 0.25) is 5.91 Å². The minimum atomic E-state index is -0.487. The van der Waals surface area contributed by atoms with Crippen LogP contribution in [0.5, 0.6) is 0 Å². The van der Waals surface area contributed by atoms with E-state index in [1.165, 1.54) is 12.0 Å². The lowest BCUT2D eigenvalue weighted by molar-refractivity contribution is -0.133. The molecule has 0 bridgehead atoms. The molecule has 5 heteroatoms. The summed E-state index contributed by atoms with van der Waals surface area (Å²) in [6.45, 7) is 3.36. The lowest BCUT2D eigenvalue weighted by atomic mass is 9.91. The third-order valence-corrected chi connectivity index (χ3v) is 6.04. The number of aromatic nitrogens is 1. The number of hydrogen-bond donors (Lipinski definition) is 0. The highest BCUT2D eigenvalue weighted by molar-refractivity contribution is 5.91. The van der Waals surface area contributed by atoms with Crippen molar-refractivity contribution < 1.29 is 9.53 Å². The van der Waals surface area contributed by atoms with Crippen molar-refractivity contribution in [2.75, 3.05) is 13.1 Å². The molecule has 1 aromatic carbocycles. The highest BCUT2D eigenvalue weighted by atomic mass is 16.5. The fourth-order valence-corrected chi connectivity index (χ4v) is 4.32. The van der Waals surface area contributed by atoms with E-state index in [0.29, 0.717) is 13.1 Å². The number of nitrogens with zero attached hydrogens (tertiary/aromatic N) is 3. The van der Waals surface area contributed by atoms with Crippen LogP contribution in [-0.2, 0) is 20.5 Å². The molecule has 1 atom stereocenters. The van der Waals surface area contributed by atoms with Crippen molar-refractivity contribution in [1.29, 1.82) is 0 Å². The van der Waals surface area contributed by atoms with Gasteiger partial charge in [0.05, 0.1) is 23.8 Å². The maximum Gasteiger partial charge on any atom is 0.233 e. The number of benzene rings is 1. The first-order chi connectivity index (χ1) is 12.6. The Morgan fingerprint density at radius 2 is 1.96 bits per heavy atom. The van der Waals surface area contributed by atoms with Crippen molar-refractivity contribution in [1.82, 2.24) is 9.88 Å². The second-order valence-electron chi connectivity index (χ2n) is 7.66. The summed E-state index contributed by atoms with van der Waals surface area (Å²) in [7, 11) is 0. The molecule has 0 radical (unpaired) electrons. The highest BCUT2D eigenvalue weighted by Crippen LogP contribution is 2.51. The third-order valence-electron chi connectivity index (χ3n) is 6.04. The van der Waals surface area contributed by atoms with Gasteiger partial charge >= 0.3 is 0 Å². The Balaban J connectivity index is 1.42. The Morgan fingerprint density at radius 3 is 2.73 bits per heavy atom. The van der Waals surface area contributed by atoms with Crippen LogP contribution in [0.4, 0.5) is 5.69 Å². The van der Waals surface area contributed by atoms with Crippen LogP contribution in [-0.4, -0.2) is 35.3 Å². The molecule has 26 heavy (non-hydrogen) atoms. The van der Waals surface area contributed by atoms with Crippen molar-refractivity contribution in [3.05, 3.63) is 59.4 Å². The first kappa shape index (κ1) is 15.6. The number of aliphatic imine (C=N–C) groups is 1. The molecule has 3 heterocycles. The number of aryl methyl sites for hydroxylation is 1. The van der Waals surface area contributed by atoms with Gasteiger partial charge in [0.25, 0.3) is 0 Å². The summed E-state index contributed by atoms with van der Waals surface area (Å²) in [5, 5.41) is 0. The minimum Gasteiger partial charge on any atom is -0.470 e. The molecular formula is C21H21N3O2. The molecule has 1 aromatic heterocycles. The highest BCUT2D eigenvalue weighted by Gasteiger charge is 2.56. The number of ether oxygens (including phenoxy) is 1. The van der Waals surface area contributed by atoms with E-state index in [0.717, 1.165) is 36.1 Å². The molecule has 2 aromatic rings. The Hall–Kier alpha value is -2.69. The molecule has 5 nitrogen and oxygen atoms in total. The Labute approximate surface area is 152 Å². The van der Waals surface area contributed by atoms with Gasteiger partial charge in [-0.2, -0.15) is 0 Å². The van der Waals surface area contributed by atoms with Gasteiger partial charge in [0.15, 0.2) is 12.0 Å². The molecule has 2 aliphatic heterocycles. The quantitative estimate of drug-likeness (QED) is 0.838. The molecular weight excluding hydrogens is 326 g/mol. The molecule has 1 unspecified atom stereocenters. The van der Waals surface area contributed by atoms with Crippen molar-refractivity contribution in [2.24, 2.45) is 4.99 Å². The number of carbonyl (C=O) groups excluding carboxylic acids is 1. The maximum absolute atomic E-state index is 13.4. The predicted molar refractivity (Wildman–Crippen MR) is 98.4 cm³/mol. The fourth-order valence-electron chi connectivity index (χ4n) is 4.32. The molecule has 1 aliphatic carbocycles. The first-order valence-corrected chi connectivity index (χ1v) is 9.14. The number of likely N-dealkylation sites (tertiary alicyclic amines) is 1. The van der Waals surface area contributed by atoms with E-state index < -0.39 is 5.60 Å². The van der Waals surface area contributed by atoms with Crippen LogP contribution in [0, 0.1) is 6.92 Å². The van der Waals surface area contributed by atoms with E-state index in [1.807, 2.05) is 11.0 Å². The molecule has 1 saturated heterocycles. The predicted octanol–water partition coefficient (Wildman–Crippen LogP) is 3.24. The number of rotatable bonds is 2. The van der Waals surface area contributed by atoms with E-state index >= 15 is 0 Å². The smallest absolute Gasteiger partial charge is 0.233 e. The van der Waals surface area contributed by atoms with Crippen LogP contribution in [0.3, 0.4) is 0 Å². The van der Waals surface area contributed by atoms with Crippen LogP contribution in [0.15, 0.2) is 47.7 Å². The van der Waals surface area contributed by atoms with Gasteiger partial charge in [0, 0.05) is 24.7 Å². The summed E-state index contributed by atoms with van der Waals surface area (Å²) in [4.78, 5) is 23.8. The molecule has 132 valence electrons. The zero-order valence-corrected chi connectivity index (χ0v) is 14.8. The number of fused-ring (bicyclic) bond motifs is 2. The third kappa shape index (κ3) is 2.19.